The number of nitrogens with one attached hydrogen (secondary N) is 2. The lowest BCUT2D eigenvalue weighted by Gasteiger charge is -2.10. The van der Waals surface area contributed by atoms with E-state index in [9.17, 15) is 18.0 Å². The molecule has 0 aromatic heterocycles. The number of halogens is 1. The molecule has 2 N–H and O–H groups in total. The van der Waals surface area contributed by atoms with Crippen molar-refractivity contribution in [1.82, 2.24) is 5.32 Å². The first-order valence-corrected chi connectivity index (χ1v) is 10.5. The number of benzene rings is 2. The van der Waals surface area contributed by atoms with Crippen LogP contribution in [0.1, 0.15) is 29.8 Å². The summed E-state index contributed by atoms with van der Waals surface area (Å²) >= 11 is 6.02. The zero-order chi connectivity index (χ0) is 20.2. The van der Waals surface area contributed by atoms with E-state index >= 15 is 0 Å². The van der Waals surface area contributed by atoms with Gasteiger partial charge in [0.1, 0.15) is 0 Å². The zero-order valence-corrected chi connectivity index (χ0v) is 16.8. The van der Waals surface area contributed by atoms with Crippen LogP contribution in [-0.4, -0.2) is 26.5 Å². The van der Waals surface area contributed by atoms with Crippen molar-refractivity contribution in [2.45, 2.75) is 25.3 Å². The molecule has 2 amide bonds. The average Bonchev–Trinajstić information content (AvgIpc) is 2.60. The molecule has 0 spiro atoms. The van der Waals surface area contributed by atoms with Gasteiger partial charge in [-0.05, 0) is 35.9 Å². The molecular weight excluding hydrogens is 388 g/mol. The van der Waals surface area contributed by atoms with Crippen LogP contribution in [0, 0.1) is 5.92 Å². The van der Waals surface area contributed by atoms with Gasteiger partial charge in [0, 0.05) is 24.4 Å². The Morgan fingerprint density at radius 2 is 1.70 bits per heavy atom. The molecule has 6 nitrogen and oxygen atoms in total. The van der Waals surface area contributed by atoms with E-state index in [0.717, 1.165) is 11.8 Å². The molecule has 0 aliphatic heterocycles. The number of amides is 2. The van der Waals surface area contributed by atoms with Crippen LogP contribution in [0.2, 0.25) is 5.02 Å². The Labute approximate surface area is 163 Å². The fraction of sp³-hybridized carbons (Fsp3) is 0.263. The van der Waals surface area contributed by atoms with Crippen molar-refractivity contribution in [2.24, 2.45) is 5.92 Å². The monoisotopic (exact) mass is 408 g/mol. The SMILES string of the molecule is CC(C)C(=O)Nc1ccc(CNC(=O)c2cc(S(C)(=O)=O)ccc2Cl)cc1. The first-order valence-electron chi connectivity index (χ1n) is 8.25. The molecule has 0 radical (unpaired) electrons. The lowest BCUT2D eigenvalue weighted by atomic mass is 10.1. The Bertz CT molecular complexity index is 954. The predicted octanol–water partition coefficient (Wildman–Crippen LogP) is 3.27. The van der Waals surface area contributed by atoms with Crippen molar-refractivity contribution in [1.29, 1.82) is 0 Å². The second-order valence-electron chi connectivity index (χ2n) is 6.44. The summed E-state index contributed by atoms with van der Waals surface area (Å²) in [4.78, 5) is 24.1. The molecule has 0 saturated carbocycles. The summed E-state index contributed by atoms with van der Waals surface area (Å²) in [6.07, 6.45) is 1.07. The molecule has 0 aliphatic rings. The number of anilines is 1. The summed E-state index contributed by atoms with van der Waals surface area (Å²) in [6.45, 7) is 3.85. The largest absolute Gasteiger partial charge is 0.348 e. The van der Waals surface area contributed by atoms with Gasteiger partial charge in [-0.25, -0.2) is 8.42 Å². The molecule has 0 atom stereocenters. The predicted molar refractivity (Wildman–Crippen MR) is 106 cm³/mol. The van der Waals surface area contributed by atoms with Gasteiger partial charge in [0.15, 0.2) is 9.84 Å². The van der Waals surface area contributed by atoms with Crippen LogP contribution < -0.4 is 10.6 Å². The third-order valence-corrected chi connectivity index (χ3v) is 5.25. The van der Waals surface area contributed by atoms with Gasteiger partial charge in [0.05, 0.1) is 15.5 Å². The van der Waals surface area contributed by atoms with E-state index in [1.807, 2.05) is 13.8 Å². The van der Waals surface area contributed by atoms with E-state index in [0.29, 0.717) is 5.69 Å². The summed E-state index contributed by atoms with van der Waals surface area (Å²) in [5.74, 6) is -0.657. The van der Waals surface area contributed by atoms with Crippen molar-refractivity contribution in [3.05, 3.63) is 58.6 Å². The molecule has 2 aromatic rings. The summed E-state index contributed by atoms with van der Waals surface area (Å²) in [7, 11) is -3.44. The van der Waals surface area contributed by atoms with Crippen LogP contribution in [-0.2, 0) is 21.2 Å². The maximum absolute atomic E-state index is 12.4. The van der Waals surface area contributed by atoms with Crippen LogP contribution in [0.3, 0.4) is 0 Å². The number of sulfone groups is 1. The Morgan fingerprint density at radius 3 is 2.26 bits per heavy atom. The standard InChI is InChI=1S/C19H21ClN2O4S/c1-12(2)18(23)22-14-6-4-13(5-7-14)11-21-19(24)16-10-15(27(3,25)26)8-9-17(16)20/h4-10,12H,11H2,1-3H3,(H,21,24)(H,22,23). The van der Waals surface area contributed by atoms with Crippen molar-refractivity contribution in [3.8, 4) is 0 Å². The molecule has 0 aliphatic carbocycles. The molecular formula is C19H21ClN2O4S. The number of hydrogen-bond acceptors (Lipinski definition) is 4. The van der Waals surface area contributed by atoms with E-state index in [1.54, 1.807) is 24.3 Å². The third kappa shape index (κ3) is 5.80. The normalized spacial score (nSPS) is 11.3. The van der Waals surface area contributed by atoms with Crippen molar-refractivity contribution < 1.29 is 18.0 Å². The number of rotatable bonds is 6. The van der Waals surface area contributed by atoms with E-state index in [-0.39, 0.29) is 33.9 Å². The molecule has 0 heterocycles. The van der Waals surface area contributed by atoms with E-state index in [1.165, 1.54) is 18.2 Å². The number of hydrogen-bond donors (Lipinski definition) is 2. The molecule has 144 valence electrons. The highest BCUT2D eigenvalue weighted by atomic mass is 35.5. The quantitative estimate of drug-likeness (QED) is 0.767. The summed E-state index contributed by atoms with van der Waals surface area (Å²) in [5, 5.41) is 5.67. The highest BCUT2D eigenvalue weighted by Crippen LogP contribution is 2.20. The van der Waals surface area contributed by atoms with Crippen LogP contribution >= 0.6 is 11.6 Å². The van der Waals surface area contributed by atoms with Crippen molar-refractivity contribution in [3.63, 3.8) is 0 Å². The fourth-order valence-electron chi connectivity index (χ4n) is 2.18. The van der Waals surface area contributed by atoms with E-state index in [2.05, 4.69) is 10.6 Å². The molecule has 2 aromatic carbocycles. The Hall–Kier alpha value is -2.38. The van der Waals surface area contributed by atoms with Gasteiger partial charge in [0.2, 0.25) is 5.91 Å². The summed E-state index contributed by atoms with van der Waals surface area (Å²) in [5.41, 5.74) is 1.59. The highest BCUT2D eigenvalue weighted by molar-refractivity contribution is 7.90. The molecule has 0 fully saturated rings. The molecule has 2 rings (SSSR count). The zero-order valence-electron chi connectivity index (χ0n) is 15.2. The van der Waals surface area contributed by atoms with Gasteiger partial charge < -0.3 is 10.6 Å². The van der Waals surface area contributed by atoms with Crippen LogP contribution in [0.5, 0.6) is 0 Å². The van der Waals surface area contributed by atoms with Crippen LogP contribution in [0.4, 0.5) is 5.69 Å². The van der Waals surface area contributed by atoms with Gasteiger partial charge in [0.25, 0.3) is 5.91 Å². The summed E-state index contributed by atoms with van der Waals surface area (Å²) < 4.78 is 23.3. The minimum atomic E-state index is -3.44. The average molecular weight is 409 g/mol. The Morgan fingerprint density at radius 1 is 1.07 bits per heavy atom. The lowest BCUT2D eigenvalue weighted by molar-refractivity contribution is -0.118. The molecule has 0 bridgehead atoms. The Kier molecular flexibility index (Phi) is 6.62. The fourth-order valence-corrected chi connectivity index (χ4v) is 3.03. The minimum Gasteiger partial charge on any atom is -0.348 e. The van der Waals surface area contributed by atoms with Gasteiger partial charge in [-0.3, -0.25) is 9.59 Å². The van der Waals surface area contributed by atoms with E-state index in [4.69, 9.17) is 11.6 Å². The second kappa shape index (κ2) is 8.54. The topological polar surface area (TPSA) is 92.3 Å². The number of carbonyl (C=O) groups excluding carboxylic acids is 2. The number of carbonyl (C=O) groups is 2. The maximum atomic E-state index is 12.4. The summed E-state index contributed by atoms with van der Waals surface area (Å²) in [6, 6.07) is 11.1. The first kappa shape index (κ1) is 20.9. The van der Waals surface area contributed by atoms with Gasteiger partial charge in [-0.2, -0.15) is 0 Å². The van der Waals surface area contributed by atoms with Crippen LogP contribution in [0.25, 0.3) is 0 Å². The van der Waals surface area contributed by atoms with Crippen molar-refractivity contribution in [2.75, 3.05) is 11.6 Å². The second-order valence-corrected chi connectivity index (χ2v) is 8.86. The molecule has 0 saturated heterocycles. The maximum Gasteiger partial charge on any atom is 0.253 e. The van der Waals surface area contributed by atoms with Crippen LogP contribution in [0.15, 0.2) is 47.4 Å². The lowest BCUT2D eigenvalue weighted by Crippen LogP contribution is -2.23. The van der Waals surface area contributed by atoms with Gasteiger partial charge in [-0.1, -0.05) is 37.6 Å². The molecule has 0 unspecified atom stereocenters. The third-order valence-electron chi connectivity index (χ3n) is 3.81. The molecule has 27 heavy (non-hydrogen) atoms. The smallest absolute Gasteiger partial charge is 0.253 e. The minimum absolute atomic E-state index is 0.0299. The Balaban J connectivity index is 2.05. The highest BCUT2D eigenvalue weighted by Gasteiger charge is 2.15. The van der Waals surface area contributed by atoms with Crippen molar-refractivity contribution >= 4 is 38.9 Å². The first-order chi connectivity index (χ1) is 12.6. The van der Waals surface area contributed by atoms with E-state index < -0.39 is 15.7 Å². The van der Waals surface area contributed by atoms with Gasteiger partial charge in [-0.15, -0.1) is 0 Å². The van der Waals surface area contributed by atoms with Gasteiger partial charge >= 0.3 is 0 Å². The molecule has 8 heteroatoms.